The number of likely N-dealkylation sites (tertiary alicyclic amines) is 1. The Kier molecular flexibility index (Phi) is 3.45. The number of thiazole rings is 1. The topological polar surface area (TPSA) is 28.2 Å². The van der Waals surface area contributed by atoms with Crippen LogP contribution in [0.3, 0.4) is 0 Å². The van der Waals surface area contributed by atoms with Gasteiger partial charge in [0.25, 0.3) is 0 Å². The number of nitrogens with zero attached hydrogens (tertiary/aromatic N) is 2. The molecule has 0 amide bonds. The molecule has 94 valence electrons. The van der Waals surface area contributed by atoms with Crippen molar-refractivity contribution < 1.29 is 0 Å². The third kappa shape index (κ3) is 2.69. The molecule has 1 aromatic rings. The van der Waals surface area contributed by atoms with Crippen LogP contribution < -0.4 is 5.32 Å². The van der Waals surface area contributed by atoms with Crippen molar-refractivity contribution in [3.8, 4) is 0 Å². The summed E-state index contributed by atoms with van der Waals surface area (Å²) in [5, 5.41) is 3.70. The van der Waals surface area contributed by atoms with E-state index in [2.05, 4.69) is 28.4 Å². The van der Waals surface area contributed by atoms with Gasteiger partial charge in [0.2, 0.25) is 0 Å². The molecule has 1 aromatic heterocycles. The van der Waals surface area contributed by atoms with Crippen LogP contribution >= 0.6 is 11.3 Å². The van der Waals surface area contributed by atoms with E-state index in [1.807, 2.05) is 5.51 Å². The second-order valence-electron chi connectivity index (χ2n) is 5.41. The first-order chi connectivity index (χ1) is 8.34. The third-order valence-corrected chi connectivity index (χ3v) is 4.84. The summed E-state index contributed by atoms with van der Waals surface area (Å²) in [7, 11) is 2.26. The van der Waals surface area contributed by atoms with E-state index in [1.165, 1.54) is 43.6 Å². The second-order valence-corrected chi connectivity index (χ2v) is 6.33. The number of hydrogen-bond acceptors (Lipinski definition) is 4. The molecule has 0 bridgehead atoms. The fraction of sp³-hybridized carbons (Fsp3) is 0.769. The predicted octanol–water partition coefficient (Wildman–Crippen LogP) is 2.28. The van der Waals surface area contributed by atoms with Gasteiger partial charge >= 0.3 is 0 Å². The maximum Gasteiger partial charge on any atom is 0.0794 e. The maximum absolute atomic E-state index is 4.25. The van der Waals surface area contributed by atoms with Crippen molar-refractivity contribution in [3.63, 3.8) is 0 Å². The molecule has 4 heteroatoms. The lowest BCUT2D eigenvalue weighted by atomic mass is 9.88. The Morgan fingerprint density at radius 2 is 2.35 bits per heavy atom. The molecule has 1 saturated carbocycles. The van der Waals surface area contributed by atoms with Gasteiger partial charge in [0.15, 0.2) is 0 Å². The Hall–Kier alpha value is -0.450. The molecule has 1 N–H and O–H groups in total. The Morgan fingerprint density at radius 3 is 3.06 bits per heavy atom. The lowest BCUT2D eigenvalue weighted by Crippen LogP contribution is -2.40. The first-order valence-electron chi connectivity index (χ1n) is 6.66. The number of hydrogen-bond donors (Lipinski definition) is 1. The Bertz CT molecular complexity index is 348. The number of piperidine rings is 1. The highest BCUT2D eigenvalue weighted by Crippen LogP contribution is 2.36. The quantitative estimate of drug-likeness (QED) is 0.890. The minimum Gasteiger partial charge on any atom is -0.314 e. The summed E-state index contributed by atoms with van der Waals surface area (Å²) in [6, 6.07) is 1.41. The highest BCUT2D eigenvalue weighted by Gasteiger charge is 2.32. The summed E-state index contributed by atoms with van der Waals surface area (Å²) < 4.78 is 0. The molecule has 1 aliphatic carbocycles. The highest BCUT2D eigenvalue weighted by atomic mass is 32.1. The minimum atomic E-state index is 0.586. The minimum absolute atomic E-state index is 0.586. The average Bonchev–Trinajstić information content (AvgIpc) is 3.01. The largest absolute Gasteiger partial charge is 0.314 e. The zero-order valence-electron chi connectivity index (χ0n) is 10.4. The van der Waals surface area contributed by atoms with Gasteiger partial charge in [0.05, 0.1) is 5.51 Å². The van der Waals surface area contributed by atoms with E-state index in [0.29, 0.717) is 6.04 Å². The molecule has 1 aliphatic heterocycles. The lowest BCUT2D eigenvalue weighted by molar-refractivity contribution is 0.122. The first-order valence-corrected chi connectivity index (χ1v) is 7.54. The SMILES string of the molecule is CN1CCCC(CNC2CC2)C1c1cncs1. The predicted molar refractivity (Wildman–Crippen MR) is 71.2 cm³/mol. The van der Waals surface area contributed by atoms with Crippen LogP contribution in [0, 0.1) is 5.92 Å². The lowest BCUT2D eigenvalue weighted by Gasteiger charge is -2.38. The molecule has 3 nitrogen and oxygen atoms in total. The summed E-state index contributed by atoms with van der Waals surface area (Å²) >= 11 is 1.81. The van der Waals surface area contributed by atoms with E-state index >= 15 is 0 Å². The fourth-order valence-corrected chi connectivity index (χ4v) is 3.78. The van der Waals surface area contributed by atoms with Crippen molar-refractivity contribution >= 4 is 11.3 Å². The van der Waals surface area contributed by atoms with Crippen molar-refractivity contribution in [2.75, 3.05) is 20.1 Å². The van der Waals surface area contributed by atoms with Gasteiger partial charge in [0.1, 0.15) is 0 Å². The van der Waals surface area contributed by atoms with Crippen LogP contribution in [-0.2, 0) is 0 Å². The number of rotatable bonds is 4. The summed E-state index contributed by atoms with van der Waals surface area (Å²) in [5.41, 5.74) is 1.96. The van der Waals surface area contributed by atoms with Gasteiger partial charge in [-0.1, -0.05) is 0 Å². The zero-order valence-corrected chi connectivity index (χ0v) is 11.2. The van der Waals surface area contributed by atoms with E-state index in [-0.39, 0.29) is 0 Å². The normalized spacial score (nSPS) is 30.6. The Balaban J connectivity index is 1.69. The molecule has 17 heavy (non-hydrogen) atoms. The van der Waals surface area contributed by atoms with Crippen molar-refractivity contribution in [1.29, 1.82) is 0 Å². The highest BCUT2D eigenvalue weighted by molar-refractivity contribution is 7.09. The zero-order chi connectivity index (χ0) is 11.7. The Labute approximate surface area is 107 Å². The van der Waals surface area contributed by atoms with Gasteiger partial charge in [0, 0.05) is 29.7 Å². The molecule has 3 rings (SSSR count). The van der Waals surface area contributed by atoms with Crippen LogP contribution in [0.4, 0.5) is 0 Å². The molecular weight excluding hydrogens is 230 g/mol. The molecule has 0 aromatic carbocycles. The number of aromatic nitrogens is 1. The van der Waals surface area contributed by atoms with Crippen LogP contribution in [0.2, 0.25) is 0 Å². The average molecular weight is 251 g/mol. The van der Waals surface area contributed by atoms with E-state index in [4.69, 9.17) is 0 Å². The van der Waals surface area contributed by atoms with Crippen LogP contribution in [0.1, 0.15) is 36.6 Å². The summed E-state index contributed by atoms with van der Waals surface area (Å²) in [6.07, 6.45) is 7.51. The Morgan fingerprint density at radius 1 is 1.47 bits per heavy atom. The standard InChI is InChI=1S/C13H21N3S/c1-16-6-2-3-10(7-15-11-4-5-11)13(16)12-8-14-9-17-12/h8-11,13,15H,2-7H2,1H3. The monoisotopic (exact) mass is 251 g/mol. The van der Waals surface area contributed by atoms with E-state index in [1.54, 1.807) is 11.3 Å². The number of nitrogens with one attached hydrogen (secondary N) is 1. The van der Waals surface area contributed by atoms with Crippen molar-refractivity contribution in [1.82, 2.24) is 15.2 Å². The first kappa shape index (κ1) is 11.6. The molecular formula is C13H21N3S. The molecule has 2 fully saturated rings. The summed E-state index contributed by atoms with van der Waals surface area (Å²) in [6.45, 7) is 2.40. The fourth-order valence-electron chi connectivity index (χ4n) is 2.90. The van der Waals surface area contributed by atoms with Crippen LogP contribution in [0.15, 0.2) is 11.7 Å². The molecule has 0 spiro atoms. The van der Waals surface area contributed by atoms with Crippen molar-refractivity contribution in [3.05, 3.63) is 16.6 Å². The van der Waals surface area contributed by atoms with Crippen LogP contribution in [0.25, 0.3) is 0 Å². The van der Waals surface area contributed by atoms with Gasteiger partial charge < -0.3 is 5.32 Å². The van der Waals surface area contributed by atoms with E-state index in [9.17, 15) is 0 Å². The van der Waals surface area contributed by atoms with Gasteiger partial charge in [-0.3, -0.25) is 9.88 Å². The molecule has 0 radical (unpaired) electrons. The molecule has 2 heterocycles. The van der Waals surface area contributed by atoms with Gasteiger partial charge in [-0.15, -0.1) is 11.3 Å². The van der Waals surface area contributed by atoms with Crippen LogP contribution in [0.5, 0.6) is 0 Å². The molecule has 1 saturated heterocycles. The van der Waals surface area contributed by atoms with E-state index in [0.717, 1.165) is 12.0 Å². The van der Waals surface area contributed by atoms with Gasteiger partial charge in [-0.25, -0.2) is 0 Å². The molecule has 2 aliphatic rings. The summed E-state index contributed by atoms with van der Waals surface area (Å²) in [5.74, 6) is 0.759. The molecule has 2 atom stereocenters. The maximum atomic E-state index is 4.25. The third-order valence-electron chi connectivity index (χ3n) is 4.00. The molecule has 2 unspecified atom stereocenters. The smallest absolute Gasteiger partial charge is 0.0794 e. The van der Waals surface area contributed by atoms with Crippen molar-refractivity contribution in [2.45, 2.75) is 37.8 Å². The second kappa shape index (κ2) is 5.04. The van der Waals surface area contributed by atoms with E-state index < -0.39 is 0 Å². The van der Waals surface area contributed by atoms with Gasteiger partial charge in [-0.2, -0.15) is 0 Å². The van der Waals surface area contributed by atoms with Gasteiger partial charge in [-0.05, 0) is 45.2 Å². The van der Waals surface area contributed by atoms with Crippen molar-refractivity contribution in [2.24, 2.45) is 5.92 Å². The van der Waals surface area contributed by atoms with Crippen LogP contribution in [-0.4, -0.2) is 36.1 Å². The summed E-state index contributed by atoms with van der Waals surface area (Å²) in [4.78, 5) is 8.20.